The molecular formula is C18H18N4O5. The average Bonchev–Trinajstić information content (AvgIpc) is 3.06. The van der Waals surface area contributed by atoms with Crippen LogP contribution in [-0.4, -0.2) is 70.1 Å². The Balaban J connectivity index is 1.84. The van der Waals surface area contributed by atoms with Crippen molar-refractivity contribution in [2.75, 3.05) is 14.1 Å². The molecule has 27 heavy (non-hydrogen) atoms. The van der Waals surface area contributed by atoms with Gasteiger partial charge in [-0.2, -0.15) is 0 Å². The number of imide groups is 2. The van der Waals surface area contributed by atoms with Gasteiger partial charge in [-0.25, -0.2) is 9.59 Å². The summed E-state index contributed by atoms with van der Waals surface area (Å²) in [7, 11) is 2.52. The summed E-state index contributed by atoms with van der Waals surface area (Å²) < 4.78 is 0. The molecule has 140 valence electrons. The van der Waals surface area contributed by atoms with Gasteiger partial charge < -0.3 is 10.1 Å². The van der Waals surface area contributed by atoms with Crippen LogP contribution in [0.3, 0.4) is 0 Å². The number of carbonyl (C=O) groups is 4. The SMILES string of the molecule is CN1C(=O)C(C=NC(Cc2c[nH]c3ccccc23)C(=O)O)C(=O)N(C)C1=O. The molecule has 0 bridgehead atoms. The highest BCUT2D eigenvalue weighted by Gasteiger charge is 2.41. The van der Waals surface area contributed by atoms with Crippen molar-refractivity contribution in [3.8, 4) is 0 Å². The largest absolute Gasteiger partial charge is 0.480 e. The fourth-order valence-electron chi connectivity index (χ4n) is 2.97. The summed E-state index contributed by atoms with van der Waals surface area (Å²) in [4.78, 5) is 56.4. The van der Waals surface area contributed by atoms with Gasteiger partial charge in [0.05, 0.1) is 0 Å². The zero-order chi connectivity index (χ0) is 19.7. The highest BCUT2D eigenvalue weighted by molar-refractivity contribution is 6.23. The first-order valence-corrected chi connectivity index (χ1v) is 8.21. The van der Waals surface area contributed by atoms with E-state index in [0.717, 1.165) is 32.5 Å². The van der Waals surface area contributed by atoms with E-state index in [1.165, 1.54) is 14.1 Å². The number of hydrogen-bond acceptors (Lipinski definition) is 5. The topological polar surface area (TPSA) is 123 Å². The molecule has 1 fully saturated rings. The first-order chi connectivity index (χ1) is 12.8. The summed E-state index contributed by atoms with van der Waals surface area (Å²) in [6.45, 7) is 0. The van der Waals surface area contributed by atoms with Crippen LogP contribution in [0.25, 0.3) is 10.9 Å². The van der Waals surface area contributed by atoms with Crippen LogP contribution in [0.2, 0.25) is 0 Å². The number of aromatic amines is 1. The van der Waals surface area contributed by atoms with Gasteiger partial charge >= 0.3 is 12.0 Å². The molecule has 1 aromatic heterocycles. The molecule has 4 amide bonds. The van der Waals surface area contributed by atoms with E-state index >= 15 is 0 Å². The number of benzene rings is 1. The van der Waals surface area contributed by atoms with Crippen molar-refractivity contribution >= 4 is 40.9 Å². The van der Waals surface area contributed by atoms with Crippen LogP contribution >= 0.6 is 0 Å². The number of carboxylic acid groups (broad SMARTS) is 1. The molecular weight excluding hydrogens is 352 g/mol. The summed E-state index contributed by atoms with van der Waals surface area (Å²) in [5.41, 5.74) is 1.64. The van der Waals surface area contributed by atoms with Crippen molar-refractivity contribution in [1.82, 2.24) is 14.8 Å². The molecule has 0 saturated carbocycles. The van der Waals surface area contributed by atoms with Crippen molar-refractivity contribution in [3.63, 3.8) is 0 Å². The second-order valence-electron chi connectivity index (χ2n) is 6.27. The molecule has 1 unspecified atom stereocenters. The zero-order valence-corrected chi connectivity index (χ0v) is 14.7. The van der Waals surface area contributed by atoms with Crippen molar-refractivity contribution in [2.24, 2.45) is 10.9 Å². The molecule has 0 spiro atoms. The number of aliphatic carboxylic acids is 1. The maximum absolute atomic E-state index is 12.2. The number of fused-ring (bicyclic) bond motifs is 1. The molecule has 1 aromatic carbocycles. The molecule has 2 N–H and O–H groups in total. The van der Waals surface area contributed by atoms with Crippen molar-refractivity contribution < 1.29 is 24.3 Å². The lowest BCUT2D eigenvalue weighted by Crippen LogP contribution is -2.57. The molecule has 1 aliphatic heterocycles. The molecule has 1 saturated heterocycles. The molecule has 1 atom stereocenters. The number of nitrogens with zero attached hydrogens (tertiary/aromatic N) is 3. The summed E-state index contributed by atoms with van der Waals surface area (Å²) in [6, 6.07) is 5.55. The number of aromatic nitrogens is 1. The van der Waals surface area contributed by atoms with Crippen LogP contribution in [0.15, 0.2) is 35.5 Å². The smallest absolute Gasteiger partial charge is 0.332 e. The lowest BCUT2D eigenvalue weighted by molar-refractivity contribution is -0.144. The lowest BCUT2D eigenvalue weighted by Gasteiger charge is -2.31. The van der Waals surface area contributed by atoms with E-state index in [1.54, 1.807) is 6.20 Å². The Labute approximate surface area is 154 Å². The maximum atomic E-state index is 12.2. The van der Waals surface area contributed by atoms with E-state index in [9.17, 15) is 24.3 Å². The van der Waals surface area contributed by atoms with E-state index in [0.29, 0.717) is 0 Å². The van der Waals surface area contributed by atoms with Gasteiger partial charge in [-0.05, 0) is 11.6 Å². The van der Waals surface area contributed by atoms with E-state index in [2.05, 4.69) is 9.98 Å². The Morgan fingerprint density at radius 3 is 2.48 bits per heavy atom. The minimum atomic E-state index is -1.32. The summed E-state index contributed by atoms with van der Waals surface area (Å²) >= 11 is 0. The van der Waals surface area contributed by atoms with Gasteiger partial charge in [0.1, 0.15) is 0 Å². The van der Waals surface area contributed by atoms with Crippen LogP contribution in [0.4, 0.5) is 4.79 Å². The Hall–Kier alpha value is -3.49. The first kappa shape index (κ1) is 18.3. The van der Waals surface area contributed by atoms with Crippen LogP contribution in [0, 0.1) is 5.92 Å². The predicted molar refractivity (Wildman–Crippen MR) is 96.3 cm³/mol. The number of para-hydroxylation sites is 1. The standard InChI is InChI=1S/C18H18N4O5/c1-21-15(23)12(16(24)22(2)18(21)27)9-20-14(17(25)26)7-10-8-19-13-6-4-3-5-11(10)13/h3-6,8-9,12,14,19H,7H2,1-2H3,(H,25,26). The molecule has 2 heterocycles. The third kappa shape index (κ3) is 3.31. The highest BCUT2D eigenvalue weighted by atomic mass is 16.4. The van der Waals surface area contributed by atoms with E-state index in [-0.39, 0.29) is 6.42 Å². The molecule has 9 nitrogen and oxygen atoms in total. The Morgan fingerprint density at radius 1 is 1.22 bits per heavy atom. The maximum Gasteiger partial charge on any atom is 0.332 e. The third-order valence-corrected chi connectivity index (χ3v) is 4.56. The van der Waals surface area contributed by atoms with Crippen LogP contribution < -0.4 is 0 Å². The summed E-state index contributed by atoms with van der Waals surface area (Å²) in [5.74, 6) is -3.96. The lowest BCUT2D eigenvalue weighted by atomic mass is 10.0. The number of barbiturate groups is 1. The molecule has 3 rings (SSSR count). The number of rotatable bonds is 5. The van der Waals surface area contributed by atoms with Crippen molar-refractivity contribution in [1.29, 1.82) is 0 Å². The van der Waals surface area contributed by atoms with Gasteiger partial charge in [-0.15, -0.1) is 0 Å². The second kappa shape index (κ2) is 7.02. The summed E-state index contributed by atoms with van der Waals surface area (Å²) in [5, 5.41) is 10.4. The van der Waals surface area contributed by atoms with Gasteiger partial charge in [-0.3, -0.25) is 24.4 Å². The normalized spacial score (nSPS) is 17.3. The zero-order valence-electron chi connectivity index (χ0n) is 14.7. The van der Waals surface area contributed by atoms with Gasteiger partial charge in [0.25, 0.3) is 0 Å². The van der Waals surface area contributed by atoms with Gasteiger partial charge in [0.15, 0.2) is 12.0 Å². The van der Waals surface area contributed by atoms with E-state index in [1.807, 2.05) is 24.3 Å². The Kier molecular flexibility index (Phi) is 4.76. The summed E-state index contributed by atoms with van der Waals surface area (Å²) in [6.07, 6.45) is 2.83. The fourth-order valence-corrected chi connectivity index (χ4v) is 2.97. The first-order valence-electron chi connectivity index (χ1n) is 8.21. The number of carboxylic acids is 1. The number of urea groups is 1. The predicted octanol–water partition coefficient (Wildman–Crippen LogP) is 0.901. The molecule has 0 radical (unpaired) electrons. The Bertz CT molecular complexity index is 940. The van der Waals surface area contributed by atoms with Gasteiger partial charge in [0.2, 0.25) is 11.8 Å². The number of carbonyl (C=O) groups excluding carboxylic acids is 3. The quantitative estimate of drug-likeness (QED) is 0.598. The number of aliphatic imine (C=N–C) groups is 1. The van der Waals surface area contributed by atoms with Crippen LogP contribution in [-0.2, 0) is 20.8 Å². The number of hydrogen-bond donors (Lipinski definition) is 2. The fraction of sp³-hybridized carbons (Fsp3) is 0.278. The minimum absolute atomic E-state index is 0.0928. The molecule has 1 aliphatic rings. The van der Waals surface area contributed by atoms with E-state index < -0.39 is 35.8 Å². The average molecular weight is 370 g/mol. The molecule has 2 aromatic rings. The van der Waals surface area contributed by atoms with Gasteiger partial charge in [0, 0.05) is 43.8 Å². The van der Waals surface area contributed by atoms with Crippen molar-refractivity contribution in [2.45, 2.75) is 12.5 Å². The molecule has 0 aliphatic carbocycles. The molecule has 9 heteroatoms. The number of H-pyrrole nitrogens is 1. The van der Waals surface area contributed by atoms with Crippen LogP contribution in [0.5, 0.6) is 0 Å². The van der Waals surface area contributed by atoms with Crippen molar-refractivity contribution in [3.05, 3.63) is 36.0 Å². The number of amides is 4. The second-order valence-corrected chi connectivity index (χ2v) is 6.27. The number of nitrogens with one attached hydrogen (secondary N) is 1. The van der Waals surface area contributed by atoms with Crippen LogP contribution in [0.1, 0.15) is 5.56 Å². The van der Waals surface area contributed by atoms with Gasteiger partial charge in [-0.1, -0.05) is 18.2 Å². The minimum Gasteiger partial charge on any atom is -0.480 e. The Morgan fingerprint density at radius 2 is 1.85 bits per heavy atom. The van der Waals surface area contributed by atoms with E-state index in [4.69, 9.17) is 0 Å². The third-order valence-electron chi connectivity index (χ3n) is 4.56. The monoisotopic (exact) mass is 370 g/mol. The highest BCUT2D eigenvalue weighted by Crippen LogP contribution is 2.20.